The number of amidine groups is 1. The smallest absolute Gasteiger partial charge is 0.413 e. The fourth-order valence-corrected chi connectivity index (χ4v) is 5.18. The monoisotopic (exact) mass is 701 g/mol. The lowest BCUT2D eigenvalue weighted by Gasteiger charge is -2.16. The molecule has 1 aliphatic rings. The Bertz CT molecular complexity index is 2140. The van der Waals surface area contributed by atoms with Crippen LogP contribution in [-0.2, 0) is 35.8 Å². The van der Waals surface area contributed by atoms with Crippen molar-refractivity contribution in [2.45, 2.75) is 45.2 Å². The summed E-state index contributed by atoms with van der Waals surface area (Å²) in [5.74, 6) is -0.339. The fraction of sp³-hybridized carbons (Fsp3) is 0.184. The maximum Gasteiger partial charge on any atom is 0.413 e. The van der Waals surface area contributed by atoms with Gasteiger partial charge in [-0.3, -0.25) is 35.0 Å². The third kappa shape index (κ3) is 9.44. The third-order valence-corrected chi connectivity index (χ3v) is 8.09. The molecule has 4 aromatic carbocycles. The predicted molar refractivity (Wildman–Crippen MR) is 193 cm³/mol. The predicted octanol–water partition coefficient (Wildman–Crippen LogP) is 5.54. The Labute approximate surface area is 298 Å². The van der Waals surface area contributed by atoms with Crippen LogP contribution in [-0.4, -0.2) is 38.4 Å². The van der Waals surface area contributed by atoms with Gasteiger partial charge < -0.3 is 20.1 Å². The Morgan fingerprint density at radius 1 is 0.904 bits per heavy atom. The number of alkyl carbamates (subject to hydrolysis) is 1. The highest BCUT2D eigenvalue weighted by Gasteiger charge is 2.25. The van der Waals surface area contributed by atoms with Gasteiger partial charge in [0.15, 0.2) is 5.82 Å². The van der Waals surface area contributed by atoms with Crippen molar-refractivity contribution < 1.29 is 24.0 Å². The van der Waals surface area contributed by atoms with Gasteiger partial charge in [-0.15, -0.1) is 0 Å². The van der Waals surface area contributed by atoms with Crippen LogP contribution in [0.1, 0.15) is 35.1 Å². The normalized spacial score (nSPS) is 12.0. The summed E-state index contributed by atoms with van der Waals surface area (Å²) >= 11 is 0. The summed E-state index contributed by atoms with van der Waals surface area (Å²) in [6.45, 7) is -0.0507. The maximum absolute atomic E-state index is 13.7. The zero-order chi connectivity index (χ0) is 36.5. The molecule has 0 aliphatic heterocycles. The molecule has 0 unspecified atom stereocenters. The Morgan fingerprint density at radius 3 is 2.23 bits per heavy atom. The van der Waals surface area contributed by atoms with E-state index in [4.69, 9.17) is 14.9 Å². The molecule has 5 aromatic rings. The van der Waals surface area contributed by atoms with Crippen molar-refractivity contribution in [1.29, 1.82) is 5.41 Å². The molecule has 1 fully saturated rings. The van der Waals surface area contributed by atoms with E-state index >= 15 is 0 Å². The first kappa shape index (κ1) is 35.0. The Hall–Kier alpha value is -6.83. The Kier molecular flexibility index (Phi) is 10.9. The number of benzene rings is 4. The van der Waals surface area contributed by atoms with Crippen LogP contribution in [0.25, 0.3) is 11.3 Å². The second-order valence-corrected chi connectivity index (χ2v) is 12.1. The number of nitro groups is 1. The number of rotatable bonds is 14. The molecule has 2 amide bonds. The van der Waals surface area contributed by atoms with E-state index in [0.29, 0.717) is 11.1 Å². The molecular weight excluding hydrogens is 666 g/mol. The minimum Gasteiger partial charge on any atom is -0.489 e. The number of nitro benzene ring substituents is 1. The van der Waals surface area contributed by atoms with Crippen molar-refractivity contribution in [2.75, 3.05) is 5.32 Å². The molecule has 14 heteroatoms. The van der Waals surface area contributed by atoms with E-state index in [9.17, 15) is 24.5 Å². The van der Waals surface area contributed by atoms with Gasteiger partial charge in [-0.1, -0.05) is 84.9 Å². The van der Waals surface area contributed by atoms with Gasteiger partial charge in [0.05, 0.1) is 22.9 Å². The largest absolute Gasteiger partial charge is 0.489 e. The molecule has 264 valence electrons. The fourth-order valence-electron chi connectivity index (χ4n) is 5.18. The average molecular weight is 702 g/mol. The van der Waals surface area contributed by atoms with E-state index in [1.807, 2.05) is 60.7 Å². The van der Waals surface area contributed by atoms with Crippen molar-refractivity contribution in [3.63, 3.8) is 0 Å². The number of anilines is 1. The van der Waals surface area contributed by atoms with Crippen LogP contribution in [0.2, 0.25) is 0 Å². The van der Waals surface area contributed by atoms with Crippen LogP contribution < -0.4 is 26.2 Å². The molecule has 1 aliphatic carbocycles. The topological polar surface area (TPSA) is 191 Å². The van der Waals surface area contributed by atoms with Crippen LogP contribution in [0.15, 0.2) is 114 Å². The SMILES string of the molecule is N=C(NC(=O)OCc1ccccc1)c1ccc(CNC(=O)Cn2c(-c3cc(OCc4ccccc4)cc([N+](=O)[O-])c3)cnc(NC3CC3)c2=O)cc1. The molecular formula is C38H35N7O7. The van der Waals surface area contributed by atoms with Gasteiger partial charge in [0, 0.05) is 29.8 Å². The minimum absolute atomic E-state index is 0.0690. The number of non-ortho nitro benzene ring substituents is 1. The summed E-state index contributed by atoms with van der Waals surface area (Å²) in [7, 11) is 0. The van der Waals surface area contributed by atoms with E-state index < -0.39 is 29.0 Å². The van der Waals surface area contributed by atoms with Gasteiger partial charge in [-0.05, 0) is 35.6 Å². The van der Waals surface area contributed by atoms with Crippen molar-refractivity contribution in [3.05, 3.63) is 152 Å². The number of aromatic nitrogens is 2. The second kappa shape index (κ2) is 16.3. The zero-order valence-corrected chi connectivity index (χ0v) is 27.9. The number of hydrogen-bond donors (Lipinski definition) is 4. The van der Waals surface area contributed by atoms with E-state index in [-0.39, 0.29) is 60.1 Å². The molecule has 6 rings (SSSR count). The van der Waals surface area contributed by atoms with E-state index in [1.165, 1.54) is 22.9 Å². The third-order valence-electron chi connectivity index (χ3n) is 8.09. The lowest BCUT2D eigenvalue weighted by molar-refractivity contribution is -0.384. The average Bonchev–Trinajstić information content (AvgIpc) is 3.99. The number of hydrogen-bond acceptors (Lipinski definition) is 10. The first-order chi connectivity index (χ1) is 25.2. The van der Waals surface area contributed by atoms with Crippen LogP contribution in [0, 0.1) is 15.5 Å². The molecule has 0 radical (unpaired) electrons. The van der Waals surface area contributed by atoms with Gasteiger partial charge in [-0.2, -0.15) is 0 Å². The minimum atomic E-state index is -0.757. The van der Waals surface area contributed by atoms with Gasteiger partial charge in [0.2, 0.25) is 5.91 Å². The lowest BCUT2D eigenvalue weighted by Crippen LogP contribution is -2.34. The quantitative estimate of drug-likeness (QED) is 0.0498. The highest BCUT2D eigenvalue weighted by Crippen LogP contribution is 2.30. The Morgan fingerprint density at radius 2 is 1.58 bits per heavy atom. The zero-order valence-electron chi connectivity index (χ0n) is 27.9. The molecule has 4 N–H and O–H groups in total. The Balaban J connectivity index is 1.13. The van der Waals surface area contributed by atoms with Gasteiger partial charge in [0.25, 0.3) is 11.2 Å². The molecule has 0 saturated heterocycles. The van der Waals surface area contributed by atoms with E-state index in [2.05, 4.69) is 20.9 Å². The summed E-state index contributed by atoms with van der Waals surface area (Å²) in [6, 6.07) is 29.5. The van der Waals surface area contributed by atoms with Gasteiger partial charge in [0.1, 0.15) is 31.3 Å². The van der Waals surface area contributed by atoms with Crippen LogP contribution in [0.4, 0.5) is 16.3 Å². The molecule has 0 bridgehead atoms. The van der Waals surface area contributed by atoms with Gasteiger partial charge in [-0.25, -0.2) is 9.78 Å². The molecule has 1 saturated carbocycles. The van der Waals surface area contributed by atoms with Crippen molar-refractivity contribution in [1.82, 2.24) is 20.2 Å². The molecule has 0 spiro atoms. The van der Waals surface area contributed by atoms with Crippen LogP contribution in [0.3, 0.4) is 0 Å². The van der Waals surface area contributed by atoms with Crippen molar-refractivity contribution in [3.8, 4) is 17.0 Å². The molecule has 1 aromatic heterocycles. The standard InChI is InChI=1S/C38H35N7O7/c39-35(43-38(48)52-24-27-9-5-2-6-10-27)28-13-11-25(12-14-28)20-40-34(46)22-44-33(21-41-36(37(44)47)42-30-15-16-30)29-17-31(45(49)50)19-32(18-29)51-23-26-7-3-1-4-8-26/h1-14,17-19,21,30H,15-16,20,22-24H2,(H,40,46)(H,41,42)(H2,39,43,48). The molecule has 0 atom stereocenters. The summed E-state index contributed by atoms with van der Waals surface area (Å²) in [5, 5.41) is 28.4. The summed E-state index contributed by atoms with van der Waals surface area (Å²) in [6.07, 6.45) is 2.44. The number of nitrogens with one attached hydrogen (secondary N) is 4. The molecule has 1 heterocycles. The number of carbonyl (C=O) groups excluding carboxylic acids is 2. The van der Waals surface area contributed by atoms with Crippen molar-refractivity contribution in [2.24, 2.45) is 0 Å². The highest BCUT2D eigenvalue weighted by molar-refractivity contribution is 6.04. The first-order valence-corrected chi connectivity index (χ1v) is 16.5. The lowest BCUT2D eigenvalue weighted by atomic mass is 10.1. The number of nitrogens with zero attached hydrogens (tertiary/aromatic N) is 3. The number of amides is 2. The summed E-state index contributed by atoms with van der Waals surface area (Å²) < 4.78 is 12.3. The van der Waals surface area contributed by atoms with E-state index in [0.717, 1.165) is 24.0 Å². The maximum atomic E-state index is 13.7. The highest BCUT2D eigenvalue weighted by atomic mass is 16.6. The van der Waals surface area contributed by atoms with E-state index in [1.54, 1.807) is 30.3 Å². The van der Waals surface area contributed by atoms with Crippen LogP contribution in [0.5, 0.6) is 5.75 Å². The molecule has 14 nitrogen and oxygen atoms in total. The first-order valence-electron chi connectivity index (χ1n) is 16.5. The summed E-state index contributed by atoms with van der Waals surface area (Å²) in [5.41, 5.74) is 2.50. The van der Waals surface area contributed by atoms with Crippen LogP contribution >= 0.6 is 0 Å². The number of carbonyl (C=O) groups is 2. The number of ether oxygens (including phenoxy) is 2. The van der Waals surface area contributed by atoms with Crippen molar-refractivity contribution >= 4 is 29.3 Å². The molecule has 52 heavy (non-hydrogen) atoms. The summed E-state index contributed by atoms with van der Waals surface area (Å²) in [4.78, 5) is 54.8. The van der Waals surface area contributed by atoms with Gasteiger partial charge >= 0.3 is 6.09 Å². The second-order valence-electron chi connectivity index (χ2n) is 12.1.